The van der Waals surface area contributed by atoms with Crippen LogP contribution in [0.5, 0.6) is 0 Å². The van der Waals surface area contributed by atoms with Crippen LogP contribution in [-0.4, -0.2) is 36.1 Å². The maximum Gasteiger partial charge on any atom is 0.239 e. The molecular weight excluding hydrogens is 220 g/mol. The van der Waals surface area contributed by atoms with Gasteiger partial charge in [-0.25, -0.2) is 0 Å². The predicted molar refractivity (Wildman–Crippen MR) is 64.2 cm³/mol. The van der Waals surface area contributed by atoms with Crippen LogP contribution in [0.1, 0.15) is 33.6 Å². The first-order chi connectivity index (χ1) is 7.79. The minimum Gasteiger partial charge on any atom is -0.393 e. The molecule has 1 fully saturated rings. The zero-order valence-electron chi connectivity index (χ0n) is 10.7. The summed E-state index contributed by atoms with van der Waals surface area (Å²) in [4.78, 5) is 22.9. The van der Waals surface area contributed by atoms with E-state index >= 15 is 0 Å². The molecule has 0 heterocycles. The molecule has 0 aromatic carbocycles. The highest BCUT2D eigenvalue weighted by Crippen LogP contribution is 2.25. The van der Waals surface area contributed by atoms with Crippen LogP contribution in [0.15, 0.2) is 0 Å². The second-order valence-electron chi connectivity index (χ2n) is 5.73. The molecular formula is C12H22N2O3. The van der Waals surface area contributed by atoms with E-state index < -0.39 is 5.41 Å². The summed E-state index contributed by atoms with van der Waals surface area (Å²) >= 11 is 0. The van der Waals surface area contributed by atoms with Crippen molar-refractivity contribution in [2.24, 2.45) is 11.3 Å². The molecule has 0 spiro atoms. The van der Waals surface area contributed by atoms with Gasteiger partial charge >= 0.3 is 0 Å². The molecule has 0 bridgehead atoms. The van der Waals surface area contributed by atoms with Crippen molar-refractivity contribution in [3.63, 3.8) is 0 Å². The first-order valence-corrected chi connectivity index (χ1v) is 6.02. The van der Waals surface area contributed by atoms with Crippen LogP contribution in [0.3, 0.4) is 0 Å². The number of amides is 2. The van der Waals surface area contributed by atoms with Crippen molar-refractivity contribution < 1.29 is 14.7 Å². The number of aliphatic hydroxyl groups excluding tert-OH is 1. The molecule has 1 aliphatic carbocycles. The lowest BCUT2D eigenvalue weighted by atomic mass is 9.82. The largest absolute Gasteiger partial charge is 0.393 e. The van der Waals surface area contributed by atoms with E-state index in [2.05, 4.69) is 10.6 Å². The number of hydrogen-bond donors (Lipinski definition) is 3. The summed E-state index contributed by atoms with van der Waals surface area (Å²) in [5.41, 5.74) is -0.474. The molecule has 17 heavy (non-hydrogen) atoms. The lowest BCUT2D eigenvalue weighted by Gasteiger charge is -2.31. The molecule has 0 aromatic rings. The average molecular weight is 242 g/mol. The first kappa shape index (κ1) is 14.0. The third-order valence-electron chi connectivity index (χ3n) is 2.89. The van der Waals surface area contributed by atoms with E-state index in [4.69, 9.17) is 5.11 Å². The second-order valence-corrected chi connectivity index (χ2v) is 5.73. The lowest BCUT2D eigenvalue weighted by Crippen LogP contribution is -2.44. The van der Waals surface area contributed by atoms with Gasteiger partial charge in [-0.1, -0.05) is 20.8 Å². The Morgan fingerprint density at radius 3 is 2.29 bits per heavy atom. The van der Waals surface area contributed by atoms with Gasteiger partial charge in [0.15, 0.2) is 0 Å². The van der Waals surface area contributed by atoms with Gasteiger partial charge in [0.05, 0.1) is 12.6 Å². The minimum absolute atomic E-state index is 0.0192. The van der Waals surface area contributed by atoms with Crippen LogP contribution in [0.2, 0.25) is 0 Å². The standard InChI is InChI=1S/C12H22N2O3/c1-12(2,3)11(17)14-7-10(16)13-6-8-4-9(15)5-8/h8-9,15H,4-7H2,1-3H3,(H,13,16)(H,14,17). The fraction of sp³-hybridized carbons (Fsp3) is 0.833. The molecule has 2 amide bonds. The van der Waals surface area contributed by atoms with Crippen molar-refractivity contribution >= 4 is 11.8 Å². The van der Waals surface area contributed by atoms with Crippen molar-refractivity contribution in [3.05, 3.63) is 0 Å². The van der Waals surface area contributed by atoms with Crippen molar-refractivity contribution in [3.8, 4) is 0 Å². The number of nitrogens with one attached hydrogen (secondary N) is 2. The van der Waals surface area contributed by atoms with Crippen molar-refractivity contribution in [2.75, 3.05) is 13.1 Å². The third kappa shape index (κ3) is 4.73. The number of carbonyl (C=O) groups is 2. The summed E-state index contributed by atoms with van der Waals surface area (Å²) in [7, 11) is 0. The van der Waals surface area contributed by atoms with Gasteiger partial charge in [0, 0.05) is 12.0 Å². The molecule has 0 aliphatic heterocycles. The molecule has 0 atom stereocenters. The molecule has 5 nitrogen and oxygen atoms in total. The first-order valence-electron chi connectivity index (χ1n) is 6.02. The van der Waals surface area contributed by atoms with Gasteiger partial charge < -0.3 is 15.7 Å². The molecule has 1 aliphatic rings. The van der Waals surface area contributed by atoms with Gasteiger partial charge in [0.2, 0.25) is 11.8 Å². The number of carbonyl (C=O) groups excluding carboxylic acids is 2. The molecule has 3 N–H and O–H groups in total. The summed E-state index contributed by atoms with van der Waals surface area (Å²) < 4.78 is 0. The summed E-state index contributed by atoms with van der Waals surface area (Å²) in [6, 6.07) is 0. The van der Waals surface area contributed by atoms with Crippen molar-refractivity contribution in [1.29, 1.82) is 0 Å². The van der Waals surface area contributed by atoms with E-state index in [0.717, 1.165) is 12.8 Å². The average Bonchev–Trinajstić information content (AvgIpc) is 2.17. The molecule has 1 saturated carbocycles. The van der Waals surface area contributed by atoms with Crippen LogP contribution < -0.4 is 10.6 Å². The summed E-state index contributed by atoms with van der Waals surface area (Å²) in [5, 5.41) is 14.4. The van der Waals surface area contributed by atoms with Gasteiger partial charge in [0.25, 0.3) is 0 Å². The molecule has 0 aromatic heterocycles. The van der Waals surface area contributed by atoms with E-state index in [1.807, 2.05) is 0 Å². The second kappa shape index (κ2) is 5.49. The Hall–Kier alpha value is -1.10. The van der Waals surface area contributed by atoms with Crippen LogP contribution in [0, 0.1) is 11.3 Å². The SMILES string of the molecule is CC(C)(C)C(=O)NCC(=O)NCC1CC(O)C1. The van der Waals surface area contributed by atoms with Crippen LogP contribution >= 0.6 is 0 Å². The Morgan fingerprint density at radius 2 is 1.82 bits per heavy atom. The van der Waals surface area contributed by atoms with Gasteiger partial charge in [0.1, 0.15) is 0 Å². The third-order valence-corrected chi connectivity index (χ3v) is 2.89. The Labute approximate surface area is 102 Å². The topological polar surface area (TPSA) is 78.4 Å². The van der Waals surface area contributed by atoms with Crippen molar-refractivity contribution in [1.82, 2.24) is 10.6 Å². The number of aliphatic hydroxyl groups is 1. The van der Waals surface area contributed by atoms with E-state index in [1.165, 1.54) is 0 Å². The van der Waals surface area contributed by atoms with Gasteiger partial charge in [-0.15, -0.1) is 0 Å². The zero-order valence-corrected chi connectivity index (χ0v) is 10.7. The summed E-state index contributed by atoms with van der Waals surface area (Å²) in [5.74, 6) is 0.0722. The zero-order chi connectivity index (χ0) is 13.1. The highest BCUT2D eigenvalue weighted by molar-refractivity contribution is 5.87. The Bertz CT molecular complexity index is 291. The monoisotopic (exact) mass is 242 g/mol. The quantitative estimate of drug-likeness (QED) is 0.651. The molecule has 0 radical (unpaired) electrons. The molecule has 0 saturated heterocycles. The fourth-order valence-corrected chi connectivity index (χ4v) is 1.61. The minimum atomic E-state index is -0.474. The molecule has 98 valence electrons. The van der Waals surface area contributed by atoms with E-state index in [-0.39, 0.29) is 24.5 Å². The predicted octanol–water partition coefficient (Wildman–Crippen LogP) is 0.0358. The normalized spacial score (nSPS) is 23.8. The van der Waals surface area contributed by atoms with Crippen LogP contribution in [0.25, 0.3) is 0 Å². The highest BCUT2D eigenvalue weighted by Gasteiger charge is 2.27. The van der Waals surface area contributed by atoms with Gasteiger partial charge in [-0.2, -0.15) is 0 Å². The molecule has 5 heteroatoms. The van der Waals surface area contributed by atoms with Crippen LogP contribution in [0.4, 0.5) is 0 Å². The van der Waals surface area contributed by atoms with E-state index in [0.29, 0.717) is 12.5 Å². The molecule has 1 rings (SSSR count). The number of hydrogen-bond acceptors (Lipinski definition) is 3. The lowest BCUT2D eigenvalue weighted by molar-refractivity contribution is -0.131. The molecule has 0 unspecified atom stereocenters. The van der Waals surface area contributed by atoms with E-state index in [9.17, 15) is 9.59 Å². The van der Waals surface area contributed by atoms with Crippen LogP contribution in [-0.2, 0) is 9.59 Å². The Balaban J connectivity index is 2.11. The Morgan fingerprint density at radius 1 is 1.24 bits per heavy atom. The van der Waals surface area contributed by atoms with Gasteiger partial charge in [-0.3, -0.25) is 9.59 Å². The fourth-order valence-electron chi connectivity index (χ4n) is 1.61. The summed E-state index contributed by atoms with van der Waals surface area (Å²) in [6.45, 7) is 6.01. The van der Waals surface area contributed by atoms with Crippen molar-refractivity contribution in [2.45, 2.75) is 39.7 Å². The highest BCUT2D eigenvalue weighted by atomic mass is 16.3. The summed E-state index contributed by atoms with van der Waals surface area (Å²) in [6.07, 6.45) is 1.32. The maximum absolute atomic E-state index is 11.5. The Kier molecular flexibility index (Phi) is 4.51. The maximum atomic E-state index is 11.5. The number of rotatable bonds is 4. The van der Waals surface area contributed by atoms with Gasteiger partial charge in [-0.05, 0) is 18.8 Å². The van der Waals surface area contributed by atoms with E-state index in [1.54, 1.807) is 20.8 Å². The smallest absolute Gasteiger partial charge is 0.239 e.